The molecular weight excluding hydrogens is 302 g/mol. The first-order chi connectivity index (χ1) is 11.7. The zero-order valence-corrected chi connectivity index (χ0v) is 14.0. The third kappa shape index (κ3) is 4.59. The van der Waals surface area contributed by atoms with E-state index in [0.29, 0.717) is 13.0 Å². The highest BCUT2D eigenvalue weighted by molar-refractivity contribution is 5.92. The van der Waals surface area contributed by atoms with E-state index in [9.17, 15) is 4.79 Å². The molecule has 24 heavy (non-hydrogen) atoms. The van der Waals surface area contributed by atoms with Crippen molar-refractivity contribution < 1.29 is 14.3 Å². The minimum Gasteiger partial charge on any atom is -0.491 e. The minimum absolute atomic E-state index is 0.0272. The van der Waals surface area contributed by atoms with Crippen molar-refractivity contribution in [2.75, 3.05) is 18.5 Å². The Morgan fingerprint density at radius 3 is 2.92 bits per heavy atom. The van der Waals surface area contributed by atoms with Gasteiger partial charge in [0, 0.05) is 18.4 Å². The Balaban J connectivity index is 1.55. The standard InChI is InChI=1S/C20H23NO3/c1-15-6-2-3-7-16(15)12-20(22)21-17-8-4-9-18(13-17)24-14-19-10-5-11-23-19/h2-4,6-9,13,19H,5,10-12,14H2,1H3,(H,21,22)/t19-/m1/s1. The van der Waals surface area contributed by atoms with Crippen LogP contribution in [-0.4, -0.2) is 25.2 Å². The lowest BCUT2D eigenvalue weighted by Crippen LogP contribution is -2.17. The normalized spacial score (nSPS) is 16.8. The molecule has 1 atom stereocenters. The van der Waals surface area contributed by atoms with Gasteiger partial charge in [-0.2, -0.15) is 0 Å². The van der Waals surface area contributed by atoms with E-state index in [0.717, 1.165) is 42.0 Å². The molecule has 1 aliphatic heterocycles. The van der Waals surface area contributed by atoms with Crippen LogP contribution in [-0.2, 0) is 16.0 Å². The summed E-state index contributed by atoms with van der Waals surface area (Å²) < 4.78 is 11.3. The van der Waals surface area contributed by atoms with E-state index in [4.69, 9.17) is 9.47 Å². The largest absolute Gasteiger partial charge is 0.491 e. The topological polar surface area (TPSA) is 47.6 Å². The Labute approximate surface area is 142 Å². The molecule has 0 bridgehead atoms. The number of benzene rings is 2. The molecule has 0 saturated carbocycles. The van der Waals surface area contributed by atoms with Crippen molar-refractivity contribution in [3.05, 3.63) is 59.7 Å². The van der Waals surface area contributed by atoms with E-state index < -0.39 is 0 Å². The van der Waals surface area contributed by atoms with Crippen LogP contribution in [0.2, 0.25) is 0 Å². The molecule has 1 aliphatic rings. The summed E-state index contributed by atoms with van der Waals surface area (Å²) in [5.74, 6) is 0.722. The molecule has 1 saturated heterocycles. The molecule has 3 rings (SSSR count). The molecule has 1 heterocycles. The first-order valence-corrected chi connectivity index (χ1v) is 8.39. The van der Waals surface area contributed by atoms with E-state index in [2.05, 4.69) is 5.32 Å². The second-order valence-corrected chi connectivity index (χ2v) is 6.13. The average Bonchev–Trinajstić information content (AvgIpc) is 3.09. The summed E-state index contributed by atoms with van der Waals surface area (Å²) in [6, 6.07) is 15.4. The van der Waals surface area contributed by atoms with Gasteiger partial charge in [-0.25, -0.2) is 0 Å². The predicted octanol–water partition coefficient (Wildman–Crippen LogP) is 3.73. The highest BCUT2D eigenvalue weighted by atomic mass is 16.5. The number of anilines is 1. The number of rotatable bonds is 6. The van der Waals surface area contributed by atoms with Crippen LogP contribution in [0, 0.1) is 6.92 Å². The van der Waals surface area contributed by atoms with E-state index in [1.165, 1.54) is 0 Å². The van der Waals surface area contributed by atoms with Gasteiger partial charge >= 0.3 is 0 Å². The summed E-state index contributed by atoms with van der Waals surface area (Å²) in [6.07, 6.45) is 2.70. The summed E-state index contributed by atoms with van der Waals surface area (Å²) in [7, 11) is 0. The number of amides is 1. The first-order valence-electron chi connectivity index (χ1n) is 8.39. The molecule has 1 N–H and O–H groups in total. The van der Waals surface area contributed by atoms with Crippen LogP contribution in [0.15, 0.2) is 48.5 Å². The second kappa shape index (κ2) is 7.97. The third-order valence-corrected chi connectivity index (χ3v) is 4.19. The number of aryl methyl sites for hydroxylation is 1. The van der Waals surface area contributed by atoms with Crippen LogP contribution in [0.3, 0.4) is 0 Å². The van der Waals surface area contributed by atoms with Crippen LogP contribution in [0.1, 0.15) is 24.0 Å². The molecule has 4 heteroatoms. The highest BCUT2D eigenvalue weighted by Gasteiger charge is 2.16. The Kier molecular flexibility index (Phi) is 5.49. The maximum Gasteiger partial charge on any atom is 0.228 e. The quantitative estimate of drug-likeness (QED) is 0.880. The van der Waals surface area contributed by atoms with Gasteiger partial charge in [0.15, 0.2) is 0 Å². The molecule has 0 radical (unpaired) electrons. The van der Waals surface area contributed by atoms with Crippen molar-refractivity contribution >= 4 is 11.6 Å². The molecule has 2 aromatic rings. The number of carbonyl (C=O) groups is 1. The third-order valence-electron chi connectivity index (χ3n) is 4.19. The Morgan fingerprint density at radius 2 is 2.12 bits per heavy atom. The van der Waals surface area contributed by atoms with Gasteiger partial charge in [-0.05, 0) is 43.0 Å². The molecule has 1 amide bonds. The van der Waals surface area contributed by atoms with Crippen LogP contribution >= 0.6 is 0 Å². The molecule has 1 fully saturated rings. The van der Waals surface area contributed by atoms with Crippen molar-refractivity contribution in [3.63, 3.8) is 0 Å². The van der Waals surface area contributed by atoms with Crippen LogP contribution in [0.5, 0.6) is 5.75 Å². The molecule has 0 spiro atoms. The predicted molar refractivity (Wildman–Crippen MR) is 94.4 cm³/mol. The molecule has 4 nitrogen and oxygen atoms in total. The van der Waals surface area contributed by atoms with Gasteiger partial charge in [-0.15, -0.1) is 0 Å². The van der Waals surface area contributed by atoms with Gasteiger partial charge in [0.05, 0.1) is 12.5 Å². The summed E-state index contributed by atoms with van der Waals surface area (Å²) in [5.41, 5.74) is 2.92. The van der Waals surface area contributed by atoms with E-state index in [1.54, 1.807) is 0 Å². The molecule has 2 aromatic carbocycles. The molecule has 0 aliphatic carbocycles. The van der Waals surface area contributed by atoms with Crippen LogP contribution in [0.4, 0.5) is 5.69 Å². The maximum absolute atomic E-state index is 12.2. The lowest BCUT2D eigenvalue weighted by atomic mass is 10.1. The number of ether oxygens (including phenoxy) is 2. The Hall–Kier alpha value is -2.33. The Morgan fingerprint density at radius 1 is 1.25 bits per heavy atom. The van der Waals surface area contributed by atoms with E-state index in [1.807, 2.05) is 55.5 Å². The molecular formula is C20H23NO3. The van der Waals surface area contributed by atoms with E-state index in [-0.39, 0.29) is 12.0 Å². The Bertz CT molecular complexity index is 693. The molecule has 0 unspecified atom stereocenters. The average molecular weight is 325 g/mol. The van der Waals surface area contributed by atoms with Gasteiger partial charge < -0.3 is 14.8 Å². The van der Waals surface area contributed by atoms with Gasteiger partial charge in [0.2, 0.25) is 5.91 Å². The fourth-order valence-electron chi connectivity index (χ4n) is 2.82. The van der Waals surface area contributed by atoms with Crippen LogP contribution < -0.4 is 10.1 Å². The number of hydrogen-bond acceptors (Lipinski definition) is 3. The first kappa shape index (κ1) is 16.5. The zero-order valence-electron chi connectivity index (χ0n) is 14.0. The smallest absolute Gasteiger partial charge is 0.228 e. The number of hydrogen-bond donors (Lipinski definition) is 1. The SMILES string of the molecule is Cc1ccccc1CC(=O)Nc1cccc(OC[C@H]2CCCO2)c1. The summed E-state index contributed by atoms with van der Waals surface area (Å²) in [5, 5.41) is 2.94. The highest BCUT2D eigenvalue weighted by Crippen LogP contribution is 2.20. The fourth-order valence-corrected chi connectivity index (χ4v) is 2.82. The summed E-state index contributed by atoms with van der Waals surface area (Å²) in [6.45, 7) is 3.39. The maximum atomic E-state index is 12.2. The van der Waals surface area contributed by atoms with Gasteiger partial charge in [-0.1, -0.05) is 30.3 Å². The van der Waals surface area contributed by atoms with Crippen molar-refractivity contribution in [1.29, 1.82) is 0 Å². The van der Waals surface area contributed by atoms with Crippen molar-refractivity contribution in [1.82, 2.24) is 0 Å². The summed E-state index contributed by atoms with van der Waals surface area (Å²) >= 11 is 0. The lowest BCUT2D eigenvalue weighted by molar-refractivity contribution is -0.115. The second-order valence-electron chi connectivity index (χ2n) is 6.13. The van der Waals surface area contributed by atoms with Crippen molar-refractivity contribution in [2.24, 2.45) is 0 Å². The zero-order chi connectivity index (χ0) is 16.8. The van der Waals surface area contributed by atoms with Gasteiger partial charge in [0.25, 0.3) is 0 Å². The summed E-state index contributed by atoms with van der Waals surface area (Å²) in [4.78, 5) is 12.2. The van der Waals surface area contributed by atoms with Gasteiger partial charge in [0.1, 0.15) is 12.4 Å². The number of nitrogens with one attached hydrogen (secondary N) is 1. The monoisotopic (exact) mass is 325 g/mol. The lowest BCUT2D eigenvalue weighted by Gasteiger charge is -2.13. The van der Waals surface area contributed by atoms with Crippen molar-refractivity contribution in [2.45, 2.75) is 32.3 Å². The minimum atomic E-state index is -0.0272. The van der Waals surface area contributed by atoms with Gasteiger partial charge in [-0.3, -0.25) is 4.79 Å². The van der Waals surface area contributed by atoms with E-state index >= 15 is 0 Å². The van der Waals surface area contributed by atoms with Crippen molar-refractivity contribution in [3.8, 4) is 5.75 Å². The van der Waals surface area contributed by atoms with Crippen LogP contribution in [0.25, 0.3) is 0 Å². The molecule has 126 valence electrons. The number of carbonyl (C=O) groups excluding carboxylic acids is 1. The fraction of sp³-hybridized carbons (Fsp3) is 0.350. The molecule has 0 aromatic heterocycles.